The highest BCUT2D eigenvalue weighted by molar-refractivity contribution is 7.99. The molecule has 0 unspecified atom stereocenters. The summed E-state index contributed by atoms with van der Waals surface area (Å²) in [6, 6.07) is 10.0. The molecule has 0 bridgehead atoms. The van der Waals surface area contributed by atoms with Gasteiger partial charge < -0.3 is 4.90 Å². The van der Waals surface area contributed by atoms with Crippen molar-refractivity contribution in [3.63, 3.8) is 0 Å². The van der Waals surface area contributed by atoms with Crippen LogP contribution in [-0.2, 0) is 31.2 Å². The van der Waals surface area contributed by atoms with Crippen LogP contribution >= 0.6 is 23.1 Å². The summed E-state index contributed by atoms with van der Waals surface area (Å²) >= 11 is 3.00. The van der Waals surface area contributed by atoms with Crippen LogP contribution < -0.4 is 5.56 Å². The van der Waals surface area contributed by atoms with Crippen molar-refractivity contribution in [1.29, 1.82) is 0 Å². The number of thiophene rings is 1. The molecule has 0 saturated heterocycles. The van der Waals surface area contributed by atoms with Gasteiger partial charge in [-0.2, -0.15) is 0 Å². The van der Waals surface area contributed by atoms with Crippen LogP contribution in [0.4, 0.5) is 0 Å². The fourth-order valence-electron chi connectivity index (χ4n) is 4.07. The van der Waals surface area contributed by atoms with E-state index < -0.39 is 0 Å². The van der Waals surface area contributed by atoms with E-state index in [2.05, 4.69) is 20.8 Å². The summed E-state index contributed by atoms with van der Waals surface area (Å²) in [5.74, 6) is 0.294. The quantitative estimate of drug-likeness (QED) is 0.410. The van der Waals surface area contributed by atoms with Gasteiger partial charge in [0.15, 0.2) is 5.16 Å². The molecule has 0 radical (unpaired) electrons. The van der Waals surface area contributed by atoms with Gasteiger partial charge >= 0.3 is 0 Å². The summed E-state index contributed by atoms with van der Waals surface area (Å²) in [5, 5.41) is 1.40. The Hall–Kier alpha value is -2.12. The predicted molar refractivity (Wildman–Crippen MR) is 129 cm³/mol. The first-order valence-corrected chi connectivity index (χ1v) is 12.5. The predicted octanol–water partition coefficient (Wildman–Crippen LogP) is 4.79. The average molecular weight is 456 g/mol. The Labute approximate surface area is 191 Å². The molecule has 1 aliphatic carbocycles. The summed E-state index contributed by atoms with van der Waals surface area (Å²) in [4.78, 5) is 35.1. The molecule has 7 heteroatoms. The summed E-state index contributed by atoms with van der Waals surface area (Å²) in [5.41, 5.74) is 2.01. The summed E-state index contributed by atoms with van der Waals surface area (Å²) in [6.45, 7) is 6.71. The zero-order valence-electron chi connectivity index (χ0n) is 18.6. The Balaban J connectivity index is 1.56. The van der Waals surface area contributed by atoms with Crippen LogP contribution in [0.2, 0.25) is 0 Å². The molecular formula is C24H29N3O2S2. The number of amides is 1. The number of rotatable bonds is 5. The normalized spacial score (nSPS) is 13.9. The number of aromatic nitrogens is 2. The first-order valence-electron chi connectivity index (χ1n) is 10.7. The van der Waals surface area contributed by atoms with Gasteiger partial charge in [-0.1, -0.05) is 42.1 Å². The van der Waals surface area contributed by atoms with E-state index in [-0.39, 0.29) is 22.8 Å². The van der Waals surface area contributed by atoms with Crippen molar-refractivity contribution in [2.45, 2.75) is 63.7 Å². The van der Waals surface area contributed by atoms with Crippen LogP contribution in [0.3, 0.4) is 0 Å². The molecule has 0 N–H and O–H groups in total. The van der Waals surface area contributed by atoms with Gasteiger partial charge in [0.25, 0.3) is 5.56 Å². The van der Waals surface area contributed by atoms with Crippen LogP contribution in [-0.4, -0.2) is 31.6 Å². The fourth-order valence-corrected chi connectivity index (χ4v) is 6.22. The average Bonchev–Trinajstić information content (AvgIpc) is 3.11. The van der Waals surface area contributed by atoms with Gasteiger partial charge in [0.1, 0.15) is 4.83 Å². The van der Waals surface area contributed by atoms with Crippen molar-refractivity contribution in [3.05, 3.63) is 56.7 Å². The second-order valence-corrected chi connectivity index (χ2v) is 11.1. The highest BCUT2D eigenvalue weighted by Gasteiger charge is 2.27. The maximum absolute atomic E-state index is 13.2. The van der Waals surface area contributed by atoms with Crippen molar-refractivity contribution >= 4 is 39.2 Å². The molecular weight excluding hydrogens is 426 g/mol. The molecule has 0 aliphatic heterocycles. The fraction of sp³-hybridized carbons (Fsp3) is 0.458. The van der Waals surface area contributed by atoms with Crippen LogP contribution in [0.5, 0.6) is 0 Å². The maximum Gasteiger partial charge on any atom is 0.262 e. The lowest BCUT2D eigenvalue weighted by molar-refractivity contribution is -0.133. The standard InChI is InChI=1S/C24H29N3O2S2/c1-24(2,3)27(14-16-10-6-5-7-11-16)19(28)15-30-23-25-21-20(22(29)26(23)4)17-12-8-9-13-18(17)31-21/h5-7,10-11H,8-9,12-15H2,1-4H3. The van der Waals surface area contributed by atoms with Gasteiger partial charge in [0.05, 0.1) is 11.1 Å². The van der Waals surface area contributed by atoms with Crippen LogP contribution in [0.25, 0.3) is 10.2 Å². The minimum Gasteiger partial charge on any atom is -0.333 e. The largest absolute Gasteiger partial charge is 0.333 e. The monoisotopic (exact) mass is 455 g/mol. The number of carbonyl (C=O) groups excluding carboxylic acids is 1. The molecule has 0 fully saturated rings. The Morgan fingerprint density at radius 2 is 1.90 bits per heavy atom. The van der Waals surface area contributed by atoms with Crippen LogP contribution in [0.1, 0.15) is 49.6 Å². The smallest absolute Gasteiger partial charge is 0.262 e. The molecule has 4 rings (SSSR count). The molecule has 31 heavy (non-hydrogen) atoms. The molecule has 1 amide bonds. The Morgan fingerprint density at radius 1 is 1.19 bits per heavy atom. The second-order valence-electron chi connectivity index (χ2n) is 9.07. The molecule has 0 spiro atoms. The SMILES string of the molecule is Cn1c(SCC(=O)N(Cc2ccccc2)C(C)(C)C)nc2sc3c(c2c1=O)CCCC3. The molecule has 1 aliphatic rings. The Morgan fingerprint density at radius 3 is 2.61 bits per heavy atom. The number of nitrogens with zero attached hydrogens (tertiary/aromatic N) is 3. The third-order valence-corrected chi connectivity index (χ3v) is 7.97. The van der Waals surface area contributed by atoms with Crippen LogP contribution in [0.15, 0.2) is 40.3 Å². The lowest BCUT2D eigenvalue weighted by Gasteiger charge is -2.36. The molecule has 164 valence electrons. The van der Waals surface area contributed by atoms with Crippen molar-refractivity contribution in [2.24, 2.45) is 7.05 Å². The minimum absolute atomic E-state index is 0.0105. The molecule has 0 atom stereocenters. The lowest BCUT2D eigenvalue weighted by atomic mass is 9.97. The summed E-state index contributed by atoms with van der Waals surface area (Å²) in [7, 11) is 1.76. The molecule has 5 nitrogen and oxygen atoms in total. The number of hydrogen-bond donors (Lipinski definition) is 0. The first-order chi connectivity index (χ1) is 14.8. The van der Waals surface area contributed by atoms with E-state index in [0.717, 1.165) is 35.0 Å². The van der Waals surface area contributed by atoms with Gasteiger partial charge in [-0.05, 0) is 57.6 Å². The zero-order valence-corrected chi connectivity index (χ0v) is 20.2. The molecule has 1 aromatic carbocycles. The zero-order chi connectivity index (χ0) is 22.2. The number of aryl methyl sites for hydroxylation is 2. The number of fused-ring (bicyclic) bond motifs is 3. The Kier molecular flexibility index (Phi) is 6.26. The second kappa shape index (κ2) is 8.79. The van der Waals surface area contributed by atoms with Gasteiger partial charge in [-0.3, -0.25) is 14.2 Å². The van der Waals surface area contributed by atoms with Gasteiger partial charge in [0.2, 0.25) is 5.91 Å². The maximum atomic E-state index is 13.2. The van der Waals surface area contributed by atoms with E-state index in [1.54, 1.807) is 23.0 Å². The van der Waals surface area contributed by atoms with E-state index in [1.165, 1.54) is 28.6 Å². The summed E-state index contributed by atoms with van der Waals surface area (Å²) in [6.07, 6.45) is 4.33. The summed E-state index contributed by atoms with van der Waals surface area (Å²) < 4.78 is 1.61. The molecule has 3 aromatic rings. The van der Waals surface area contributed by atoms with Crippen molar-refractivity contribution in [2.75, 3.05) is 5.75 Å². The van der Waals surface area contributed by atoms with E-state index in [0.29, 0.717) is 11.7 Å². The van der Waals surface area contributed by atoms with Gasteiger partial charge in [0, 0.05) is 24.0 Å². The number of hydrogen-bond acceptors (Lipinski definition) is 5. The van der Waals surface area contributed by atoms with Crippen molar-refractivity contribution in [1.82, 2.24) is 14.5 Å². The third-order valence-electron chi connectivity index (χ3n) is 5.77. The van der Waals surface area contributed by atoms with Gasteiger partial charge in [-0.15, -0.1) is 11.3 Å². The lowest BCUT2D eigenvalue weighted by Crippen LogP contribution is -2.46. The van der Waals surface area contributed by atoms with E-state index in [4.69, 9.17) is 4.98 Å². The van der Waals surface area contributed by atoms with Crippen molar-refractivity contribution in [3.8, 4) is 0 Å². The van der Waals surface area contributed by atoms with E-state index >= 15 is 0 Å². The Bertz CT molecular complexity index is 1160. The van der Waals surface area contributed by atoms with Crippen LogP contribution in [0, 0.1) is 0 Å². The first kappa shape index (κ1) is 22.1. The minimum atomic E-state index is -0.302. The number of carbonyl (C=O) groups is 1. The number of benzene rings is 1. The molecule has 2 heterocycles. The highest BCUT2D eigenvalue weighted by atomic mass is 32.2. The topological polar surface area (TPSA) is 55.2 Å². The van der Waals surface area contributed by atoms with E-state index in [1.807, 2.05) is 35.2 Å². The third kappa shape index (κ3) is 4.58. The number of thioether (sulfide) groups is 1. The van der Waals surface area contributed by atoms with E-state index in [9.17, 15) is 9.59 Å². The van der Waals surface area contributed by atoms with Gasteiger partial charge in [-0.25, -0.2) is 4.98 Å². The van der Waals surface area contributed by atoms with Crippen molar-refractivity contribution < 1.29 is 4.79 Å². The molecule has 2 aromatic heterocycles. The molecule has 0 saturated carbocycles. The highest BCUT2D eigenvalue weighted by Crippen LogP contribution is 2.34.